The van der Waals surface area contributed by atoms with Gasteiger partial charge < -0.3 is 80.2 Å². The standard InChI is InChI=1S/C33H56N12O14/c34-10-2-1-5-19(27(52)40-15-24(48)43-21(32(58)59)7-4-12-38-33(35)36)42-23(47)14-41-28(53)20(8-9-25(49)50)44-26(51)17(31(56)57)13-39-29(54)22(16-46)45-30(55)18-6-3-11-37-18/h17-22,37,46H,1-16,34H2,(H,39,54)(H,40,52)(H,41,53)(H,42,47)(H,43,48)(H,44,51)(H,45,55)(H,49,50)(H,56,57)(H,58,59)(H4,35,36,38)/t17-,18+,19+,20+,21+,22+/m1/s1. The summed E-state index contributed by atoms with van der Waals surface area (Å²) in [7, 11) is 0. The number of guanidine groups is 1. The third kappa shape index (κ3) is 20.7. The largest absolute Gasteiger partial charge is 0.481 e. The molecule has 1 aliphatic rings. The fraction of sp³-hybridized carbons (Fsp3) is 0.667. The number of aliphatic hydroxyl groups is 1. The van der Waals surface area contributed by atoms with Gasteiger partial charge in [-0.2, -0.15) is 0 Å². The highest BCUT2D eigenvalue weighted by Gasteiger charge is 2.33. The summed E-state index contributed by atoms with van der Waals surface area (Å²) in [6, 6.07) is -6.36. The van der Waals surface area contributed by atoms with Crippen LogP contribution >= 0.6 is 0 Å². The summed E-state index contributed by atoms with van der Waals surface area (Å²) in [5.74, 6) is -13.4. The van der Waals surface area contributed by atoms with Gasteiger partial charge in [-0.15, -0.1) is 0 Å². The van der Waals surface area contributed by atoms with Gasteiger partial charge in [-0.25, -0.2) is 4.79 Å². The van der Waals surface area contributed by atoms with E-state index >= 15 is 0 Å². The smallest absolute Gasteiger partial charge is 0.326 e. The number of hydrogen-bond donors (Lipinski definition) is 15. The van der Waals surface area contributed by atoms with Crippen molar-refractivity contribution in [2.75, 3.05) is 45.9 Å². The summed E-state index contributed by atoms with van der Waals surface area (Å²) in [6.07, 6.45) is 0.963. The van der Waals surface area contributed by atoms with Crippen molar-refractivity contribution in [3.63, 3.8) is 0 Å². The highest BCUT2D eigenvalue weighted by molar-refractivity contribution is 6.00. The summed E-state index contributed by atoms with van der Waals surface area (Å²) in [5.41, 5.74) is 16.0. The SMILES string of the molecule is NCCCC[C@H](NC(=O)CNC(=O)[C@H](CCC(=O)O)NC(=O)[C@@H](CNC(=O)[C@H](CO)NC(=O)[C@@H]1CCCN1)C(=O)O)C(=O)NCC(=O)N[C@@H](CCCN=C(N)N)C(=O)O. The molecule has 0 saturated carbocycles. The zero-order chi connectivity index (χ0) is 44.5. The zero-order valence-electron chi connectivity index (χ0n) is 32.3. The van der Waals surface area contributed by atoms with Crippen LogP contribution in [-0.4, -0.2) is 162 Å². The summed E-state index contributed by atoms with van der Waals surface area (Å²) < 4.78 is 0. The average Bonchev–Trinajstić information content (AvgIpc) is 3.72. The molecule has 0 aliphatic carbocycles. The van der Waals surface area contributed by atoms with Gasteiger partial charge in [-0.3, -0.25) is 48.1 Å². The molecule has 59 heavy (non-hydrogen) atoms. The number of hydrogen-bond acceptors (Lipinski definition) is 14. The Morgan fingerprint density at radius 2 is 1.25 bits per heavy atom. The molecule has 0 aromatic carbocycles. The summed E-state index contributed by atoms with van der Waals surface area (Å²) in [6.45, 7) is -2.26. The van der Waals surface area contributed by atoms with Crippen molar-refractivity contribution in [2.45, 2.75) is 88.0 Å². The third-order valence-electron chi connectivity index (χ3n) is 8.59. The van der Waals surface area contributed by atoms with Crippen LogP contribution in [0.5, 0.6) is 0 Å². The quantitative estimate of drug-likeness (QED) is 0.0144. The maximum absolute atomic E-state index is 13.1. The molecule has 26 heteroatoms. The van der Waals surface area contributed by atoms with Gasteiger partial charge in [0.05, 0.1) is 25.7 Å². The number of nitrogens with one attached hydrogen (secondary N) is 8. The van der Waals surface area contributed by atoms with Crippen LogP contribution in [0.25, 0.3) is 0 Å². The van der Waals surface area contributed by atoms with E-state index < -0.39 is 134 Å². The first-order valence-electron chi connectivity index (χ1n) is 18.7. The molecule has 0 spiro atoms. The second-order valence-corrected chi connectivity index (χ2v) is 13.3. The number of rotatable bonds is 29. The number of nitrogens with zero attached hydrogens (tertiary/aromatic N) is 1. The maximum atomic E-state index is 13.1. The molecule has 26 nitrogen and oxygen atoms in total. The number of carbonyl (C=O) groups excluding carboxylic acids is 7. The van der Waals surface area contributed by atoms with Crippen molar-refractivity contribution in [3.05, 3.63) is 0 Å². The Hall–Kier alpha value is -6.15. The monoisotopic (exact) mass is 844 g/mol. The number of aliphatic imine (C=N–C) groups is 1. The van der Waals surface area contributed by atoms with Crippen molar-refractivity contribution in [2.24, 2.45) is 28.1 Å². The van der Waals surface area contributed by atoms with E-state index in [1.165, 1.54) is 0 Å². The Balaban J connectivity index is 2.88. The van der Waals surface area contributed by atoms with Gasteiger partial charge in [-0.05, 0) is 64.5 Å². The lowest BCUT2D eigenvalue weighted by Crippen LogP contribution is -2.56. The van der Waals surface area contributed by atoms with Crippen LogP contribution in [0, 0.1) is 5.92 Å². The maximum Gasteiger partial charge on any atom is 0.326 e. The predicted octanol–water partition coefficient (Wildman–Crippen LogP) is -7.15. The summed E-state index contributed by atoms with van der Waals surface area (Å²) >= 11 is 0. The van der Waals surface area contributed by atoms with E-state index in [0.717, 1.165) is 0 Å². The van der Waals surface area contributed by atoms with Crippen LogP contribution < -0.4 is 59.7 Å². The molecular formula is C33H56N12O14. The number of carboxylic acids is 3. The van der Waals surface area contributed by atoms with E-state index in [1.54, 1.807) is 0 Å². The minimum absolute atomic E-state index is 0.0268. The molecule has 0 aromatic rings. The first kappa shape index (κ1) is 50.9. The molecule has 6 atom stereocenters. The van der Waals surface area contributed by atoms with Gasteiger partial charge in [-0.1, -0.05) is 0 Å². The molecule has 1 heterocycles. The van der Waals surface area contributed by atoms with E-state index in [2.05, 4.69) is 47.5 Å². The number of aliphatic hydroxyl groups excluding tert-OH is 1. The molecule has 0 aromatic heterocycles. The molecule has 1 rings (SSSR count). The summed E-state index contributed by atoms with van der Waals surface area (Å²) in [5, 5.41) is 56.5. The van der Waals surface area contributed by atoms with Gasteiger partial charge >= 0.3 is 17.9 Å². The number of aliphatic carboxylic acids is 3. The van der Waals surface area contributed by atoms with E-state index in [9.17, 15) is 68.4 Å². The molecular weight excluding hydrogens is 788 g/mol. The molecule has 1 saturated heterocycles. The number of carboxylic acid groups (broad SMARTS) is 3. The number of carbonyl (C=O) groups is 10. The molecule has 332 valence electrons. The van der Waals surface area contributed by atoms with Gasteiger partial charge in [0.15, 0.2) is 11.9 Å². The minimum atomic E-state index is -2.03. The van der Waals surface area contributed by atoms with E-state index in [1.807, 2.05) is 0 Å². The van der Waals surface area contributed by atoms with Crippen LogP contribution in [0.3, 0.4) is 0 Å². The van der Waals surface area contributed by atoms with Crippen LogP contribution in [0.15, 0.2) is 4.99 Å². The number of amides is 7. The van der Waals surface area contributed by atoms with Crippen molar-refractivity contribution in [1.29, 1.82) is 0 Å². The normalized spacial score (nSPS) is 15.7. The van der Waals surface area contributed by atoms with E-state index in [-0.39, 0.29) is 38.3 Å². The van der Waals surface area contributed by atoms with Crippen molar-refractivity contribution in [3.8, 4) is 0 Å². The molecule has 0 unspecified atom stereocenters. The lowest BCUT2D eigenvalue weighted by molar-refractivity contribution is -0.148. The van der Waals surface area contributed by atoms with Gasteiger partial charge in [0, 0.05) is 19.5 Å². The molecule has 18 N–H and O–H groups in total. The molecule has 1 aliphatic heterocycles. The highest BCUT2D eigenvalue weighted by Crippen LogP contribution is 2.07. The Kier molecular flexibility index (Phi) is 23.7. The molecule has 0 bridgehead atoms. The van der Waals surface area contributed by atoms with Crippen LogP contribution in [0.1, 0.15) is 57.8 Å². The number of nitrogens with two attached hydrogens (primary N) is 3. The van der Waals surface area contributed by atoms with Gasteiger partial charge in [0.2, 0.25) is 41.4 Å². The molecule has 0 radical (unpaired) electrons. The Bertz CT molecular complexity index is 1520. The Morgan fingerprint density at radius 3 is 1.76 bits per heavy atom. The van der Waals surface area contributed by atoms with Crippen LogP contribution in [-0.2, 0) is 47.9 Å². The molecule has 1 fully saturated rings. The van der Waals surface area contributed by atoms with E-state index in [0.29, 0.717) is 32.2 Å². The van der Waals surface area contributed by atoms with E-state index in [4.69, 9.17) is 17.2 Å². The first-order chi connectivity index (χ1) is 27.9. The first-order valence-corrected chi connectivity index (χ1v) is 18.7. The lowest BCUT2D eigenvalue weighted by Gasteiger charge is -2.22. The predicted molar refractivity (Wildman–Crippen MR) is 203 cm³/mol. The fourth-order valence-electron chi connectivity index (χ4n) is 5.40. The van der Waals surface area contributed by atoms with Crippen molar-refractivity contribution >= 4 is 65.2 Å². The topological polar surface area (TPSA) is 438 Å². The van der Waals surface area contributed by atoms with Crippen LogP contribution in [0.4, 0.5) is 0 Å². The molecule has 7 amide bonds. The van der Waals surface area contributed by atoms with Crippen molar-refractivity contribution in [1.82, 2.24) is 42.5 Å². The Labute approximate surface area is 338 Å². The Morgan fingerprint density at radius 1 is 0.678 bits per heavy atom. The zero-order valence-corrected chi connectivity index (χ0v) is 32.3. The second-order valence-electron chi connectivity index (χ2n) is 13.3. The minimum Gasteiger partial charge on any atom is -0.481 e. The van der Waals surface area contributed by atoms with Gasteiger partial charge in [0.1, 0.15) is 24.2 Å². The average molecular weight is 845 g/mol. The van der Waals surface area contributed by atoms with Crippen LogP contribution in [0.2, 0.25) is 0 Å². The van der Waals surface area contributed by atoms with Crippen molar-refractivity contribution < 1.29 is 68.4 Å². The summed E-state index contributed by atoms with van der Waals surface area (Å²) in [4.78, 5) is 128. The van der Waals surface area contributed by atoms with Gasteiger partial charge in [0.25, 0.3) is 0 Å². The third-order valence-corrected chi connectivity index (χ3v) is 8.59. The highest BCUT2D eigenvalue weighted by atomic mass is 16.4. The fourth-order valence-corrected chi connectivity index (χ4v) is 5.40. The second kappa shape index (κ2) is 27.5. The number of unbranched alkanes of at least 4 members (excludes halogenated alkanes) is 1. The lowest BCUT2D eigenvalue weighted by atomic mass is 10.1.